The summed E-state index contributed by atoms with van der Waals surface area (Å²) in [7, 11) is -0.505. The zero-order valence-electron chi connectivity index (χ0n) is 13.9. The smallest absolute Gasteiger partial charge is 0.241 e. The van der Waals surface area contributed by atoms with Crippen molar-refractivity contribution in [1.29, 1.82) is 0 Å². The Hall–Kier alpha value is -1.64. The number of hydrogen-bond donors (Lipinski definition) is 3. The third kappa shape index (κ3) is 5.81. The van der Waals surface area contributed by atoms with Crippen molar-refractivity contribution in [3.8, 4) is 5.75 Å². The second kappa shape index (κ2) is 8.85. The van der Waals surface area contributed by atoms with Crippen LogP contribution in [-0.4, -0.2) is 47.6 Å². The Morgan fingerprint density at radius 1 is 1.17 bits per heavy atom. The van der Waals surface area contributed by atoms with Gasteiger partial charge in [-0.1, -0.05) is 13.8 Å². The van der Waals surface area contributed by atoms with Crippen LogP contribution in [0, 0.1) is 5.92 Å². The second-order valence-electron chi connectivity index (χ2n) is 5.41. The number of methoxy groups -OCH3 is 1. The number of ether oxygens (including phenoxy) is 1. The molecule has 0 radical (unpaired) electrons. The van der Waals surface area contributed by atoms with Crippen molar-refractivity contribution in [2.24, 2.45) is 5.92 Å². The van der Waals surface area contributed by atoms with Gasteiger partial charge in [0.2, 0.25) is 15.9 Å². The highest BCUT2D eigenvalue weighted by molar-refractivity contribution is 7.89. The molecule has 0 bridgehead atoms. The normalized spacial score (nSPS) is 12.9. The highest BCUT2D eigenvalue weighted by Crippen LogP contribution is 2.16. The van der Waals surface area contributed by atoms with Crippen LogP contribution in [-0.2, 0) is 14.8 Å². The molecule has 1 unspecified atom stereocenters. The molecule has 0 spiro atoms. The van der Waals surface area contributed by atoms with Crippen molar-refractivity contribution in [2.45, 2.75) is 24.8 Å². The molecule has 3 N–H and O–H groups in total. The quantitative estimate of drug-likeness (QED) is 0.562. The van der Waals surface area contributed by atoms with E-state index in [-0.39, 0.29) is 16.7 Å². The van der Waals surface area contributed by atoms with Crippen LogP contribution in [0.25, 0.3) is 0 Å². The standard InChI is InChI=1S/C15H25N3O4S/c1-11(2)14(15(19)17-10-9-16-3)18-23(20,21)13-7-5-12(22-4)6-8-13/h5-8,11,14,16,18H,9-10H2,1-4H3,(H,17,19). The van der Waals surface area contributed by atoms with E-state index in [1.54, 1.807) is 33.0 Å². The Labute approximate surface area is 137 Å². The van der Waals surface area contributed by atoms with Gasteiger partial charge in [-0.3, -0.25) is 4.79 Å². The van der Waals surface area contributed by atoms with Crippen molar-refractivity contribution in [2.75, 3.05) is 27.2 Å². The minimum absolute atomic E-state index is 0.0898. The number of sulfonamides is 1. The number of likely N-dealkylation sites (N-methyl/N-ethyl adjacent to an activating group) is 1. The molecule has 7 nitrogen and oxygen atoms in total. The van der Waals surface area contributed by atoms with Crippen molar-refractivity contribution < 1.29 is 17.9 Å². The van der Waals surface area contributed by atoms with Gasteiger partial charge >= 0.3 is 0 Å². The molecule has 8 heteroatoms. The van der Waals surface area contributed by atoms with E-state index in [4.69, 9.17) is 4.74 Å². The van der Waals surface area contributed by atoms with E-state index >= 15 is 0 Å². The first-order valence-electron chi connectivity index (χ1n) is 7.40. The van der Waals surface area contributed by atoms with Crippen LogP contribution in [0.1, 0.15) is 13.8 Å². The van der Waals surface area contributed by atoms with Crippen molar-refractivity contribution in [1.82, 2.24) is 15.4 Å². The molecule has 0 aliphatic carbocycles. The molecule has 0 saturated carbocycles. The monoisotopic (exact) mass is 343 g/mol. The summed E-state index contributed by atoms with van der Waals surface area (Å²) in [6.07, 6.45) is 0. The van der Waals surface area contributed by atoms with Gasteiger partial charge in [0.25, 0.3) is 0 Å². The predicted octanol–water partition coefficient (Wildman–Crippen LogP) is 0.334. The maximum absolute atomic E-state index is 12.4. The first-order valence-corrected chi connectivity index (χ1v) is 8.89. The zero-order chi connectivity index (χ0) is 17.5. The van der Waals surface area contributed by atoms with Crippen LogP contribution in [0.2, 0.25) is 0 Å². The Kier molecular flexibility index (Phi) is 7.47. The lowest BCUT2D eigenvalue weighted by atomic mass is 10.1. The molecule has 130 valence electrons. The average molecular weight is 343 g/mol. The predicted molar refractivity (Wildman–Crippen MR) is 88.9 cm³/mol. The summed E-state index contributed by atoms with van der Waals surface area (Å²) in [5.41, 5.74) is 0. The van der Waals surface area contributed by atoms with E-state index in [9.17, 15) is 13.2 Å². The van der Waals surface area contributed by atoms with E-state index < -0.39 is 16.1 Å². The number of hydrogen-bond acceptors (Lipinski definition) is 5. The van der Waals surface area contributed by atoms with E-state index in [1.807, 2.05) is 0 Å². The minimum atomic E-state index is -3.79. The minimum Gasteiger partial charge on any atom is -0.497 e. The topological polar surface area (TPSA) is 96.5 Å². The molecule has 1 amide bonds. The molecule has 1 rings (SSSR count). The fourth-order valence-electron chi connectivity index (χ4n) is 1.90. The lowest BCUT2D eigenvalue weighted by Gasteiger charge is -2.21. The highest BCUT2D eigenvalue weighted by Gasteiger charge is 2.28. The number of carbonyl (C=O) groups is 1. The van der Waals surface area contributed by atoms with Crippen LogP contribution in [0.15, 0.2) is 29.2 Å². The number of amides is 1. The number of nitrogens with one attached hydrogen (secondary N) is 3. The van der Waals surface area contributed by atoms with Crippen LogP contribution in [0.3, 0.4) is 0 Å². The summed E-state index contributed by atoms with van der Waals surface area (Å²) >= 11 is 0. The molecule has 0 saturated heterocycles. The fraction of sp³-hybridized carbons (Fsp3) is 0.533. The molecule has 0 fully saturated rings. The summed E-state index contributed by atoms with van der Waals surface area (Å²) in [4.78, 5) is 12.3. The second-order valence-corrected chi connectivity index (χ2v) is 7.13. The zero-order valence-corrected chi connectivity index (χ0v) is 14.7. The van der Waals surface area contributed by atoms with Gasteiger partial charge < -0.3 is 15.4 Å². The fourth-order valence-corrected chi connectivity index (χ4v) is 3.25. The Morgan fingerprint density at radius 3 is 2.26 bits per heavy atom. The molecule has 0 aliphatic heterocycles. The number of carbonyl (C=O) groups excluding carboxylic acids is 1. The Balaban J connectivity index is 2.86. The van der Waals surface area contributed by atoms with Gasteiger partial charge in [0, 0.05) is 13.1 Å². The van der Waals surface area contributed by atoms with Gasteiger partial charge in [-0.05, 0) is 37.2 Å². The first kappa shape index (κ1) is 19.4. The van der Waals surface area contributed by atoms with Crippen LogP contribution < -0.4 is 20.1 Å². The van der Waals surface area contributed by atoms with Gasteiger partial charge in [-0.2, -0.15) is 4.72 Å². The summed E-state index contributed by atoms with van der Waals surface area (Å²) in [5, 5.41) is 5.62. The first-order chi connectivity index (χ1) is 10.8. The third-order valence-electron chi connectivity index (χ3n) is 3.28. The summed E-state index contributed by atoms with van der Waals surface area (Å²) in [5.74, 6) is 0.0408. The largest absolute Gasteiger partial charge is 0.497 e. The molecule has 1 atom stereocenters. The summed E-state index contributed by atoms with van der Waals surface area (Å²) in [6, 6.07) is 5.17. The SMILES string of the molecule is CNCCNC(=O)C(NS(=O)(=O)c1ccc(OC)cc1)C(C)C. The summed E-state index contributed by atoms with van der Waals surface area (Å²) < 4.78 is 32.4. The van der Waals surface area contributed by atoms with Crippen molar-refractivity contribution in [3.05, 3.63) is 24.3 Å². The van der Waals surface area contributed by atoms with E-state index in [0.29, 0.717) is 18.8 Å². The molecular weight excluding hydrogens is 318 g/mol. The van der Waals surface area contributed by atoms with Crippen LogP contribution in [0.5, 0.6) is 5.75 Å². The Bertz CT molecular complexity index is 600. The van der Waals surface area contributed by atoms with E-state index in [1.165, 1.54) is 19.2 Å². The molecule has 0 aliphatic rings. The maximum atomic E-state index is 12.4. The molecule has 0 heterocycles. The lowest BCUT2D eigenvalue weighted by Crippen LogP contribution is -2.50. The van der Waals surface area contributed by atoms with Crippen LogP contribution >= 0.6 is 0 Å². The molecular formula is C15H25N3O4S. The Morgan fingerprint density at radius 2 is 1.78 bits per heavy atom. The van der Waals surface area contributed by atoms with Gasteiger partial charge in [0.1, 0.15) is 11.8 Å². The van der Waals surface area contributed by atoms with Crippen LogP contribution in [0.4, 0.5) is 0 Å². The van der Waals surface area contributed by atoms with E-state index in [2.05, 4.69) is 15.4 Å². The van der Waals surface area contributed by atoms with Gasteiger partial charge in [0.15, 0.2) is 0 Å². The van der Waals surface area contributed by atoms with E-state index in [0.717, 1.165) is 0 Å². The summed E-state index contributed by atoms with van der Waals surface area (Å²) in [6.45, 7) is 4.63. The van der Waals surface area contributed by atoms with Gasteiger partial charge in [0.05, 0.1) is 12.0 Å². The maximum Gasteiger partial charge on any atom is 0.241 e. The van der Waals surface area contributed by atoms with Gasteiger partial charge in [-0.25, -0.2) is 8.42 Å². The average Bonchev–Trinajstić information content (AvgIpc) is 2.52. The van der Waals surface area contributed by atoms with Crippen molar-refractivity contribution in [3.63, 3.8) is 0 Å². The number of benzene rings is 1. The molecule has 23 heavy (non-hydrogen) atoms. The third-order valence-corrected chi connectivity index (χ3v) is 4.73. The van der Waals surface area contributed by atoms with Crippen molar-refractivity contribution >= 4 is 15.9 Å². The molecule has 1 aromatic carbocycles. The molecule has 1 aromatic rings. The van der Waals surface area contributed by atoms with Gasteiger partial charge in [-0.15, -0.1) is 0 Å². The highest BCUT2D eigenvalue weighted by atomic mass is 32.2. The molecule has 0 aromatic heterocycles. The number of rotatable bonds is 9. The lowest BCUT2D eigenvalue weighted by molar-refractivity contribution is -0.123.